The maximum atomic E-state index is 12.1. The highest BCUT2D eigenvalue weighted by atomic mass is 32.2. The topological polar surface area (TPSA) is 147 Å². The molecule has 0 aromatic carbocycles. The fourth-order valence-corrected chi connectivity index (χ4v) is 3.55. The van der Waals surface area contributed by atoms with E-state index in [4.69, 9.17) is 5.11 Å². The lowest BCUT2D eigenvalue weighted by Gasteiger charge is -2.34. The molecule has 21 heavy (non-hydrogen) atoms. The second-order valence-electron chi connectivity index (χ2n) is 4.59. The number of carboxylic acids is 1. The highest BCUT2D eigenvalue weighted by Crippen LogP contribution is 2.16. The van der Waals surface area contributed by atoms with Crippen molar-refractivity contribution >= 4 is 27.8 Å². The zero-order valence-corrected chi connectivity index (χ0v) is 11.9. The zero-order chi connectivity index (χ0) is 15.6. The second kappa shape index (κ2) is 5.63. The number of carbonyl (C=O) groups is 2. The van der Waals surface area contributed by atoms with Gasteiger partial charge in [0.15, 0.2) is 9.84 Å². The smallest absolute Gasteiger partial charge is 0.324 e. The Morgan fingerprint density at radius 2 is 2.19 bits per heavy atom. The van der Waals surface area contributed by atoms with Gasteiger partial charge in [0.05, 0.1) is 31.0 Å². The molecule has 0 aliphatic carbocycles. The number of urea groups is 1. The third-order valence-electron chi connectivity index (χ3n) is 2.93. The summed E-state index contributed by atoms with van der Waals surface area (Å²) in [4.78, 5) is 25.2. The average molecular weight is 318 g/mol. The van der Waals surface area contributed by atoms with E-state index in [0.29, 0.717) is 0 Å². The van der Waals surface area contributed by atoms with Crippen LogP contribution in [-0.4, -0.2) is 74.7 Å². The van der Waals surface area contributed by atoms with E-state index in [2.05, 4.69) is 20.7 Å². The summed E-state index contributed by atoms with van der Waals surface area (Å²) < 4.78 is 23.2. The van der Waals surface area contributed by atoms with Crippen LogP contribution in [0.3, 0.4) is 0 Å². The second-order valence-corrected chi connectivity index (χ2v) is 6.82. The minimum absolute atomic E-state index is 0.0370. The SMILES string of the molecule is Cn1nnc(NC(=O)N2CCS(=O)(=O)CC2CC(=O)O)n1. The molecule has 2 amide bonds. The van der Waals surface area contributed by atoms with Crippen molar-refractivity contribution in [2.24, 2.45) is 7.05 Å². The number of aliphatic carboxylic acids is 1. The quantitative estimate of drug-likeness (QED) is 0.671. The van der Waals surface area contributed by atoms with Crippen LogP contribution in [0, 0.1) is 0 Å². The van der Waals surface area contributed by atoms with Gasteiger partial charge in [-0.2, -0.15) is 4.80 Å². The van der Waals surface area contributed by atoms with Crippen molar-refractivity contribution in [3.8, 4) is 0 Å². The van der Waals surface area contributed by atoms with Crippen LogP contribution in [0.15, 0.2) is 0 Å². The number of anilines is 1. The minimum Gasteiger partial charge on any atom is -0.481 e. The molecule has 12 heteroatoms. The van der Waals surface area contributed by atoms with Gasteiger partial charge in [-0.05, 0) is 5.21 Å². The Morgan fingerprint density at radius 1 is 1.48 bits per heavy atom. The summed E-state index contributed by atoms with van der Waals surface area (Å²) in [7, 11) is -1.83. The number of amides is 2. The summed E-state index contributed by atoms with van der Waals surface area (Å²) in [6.45, 7) is -0.0770. The van der Waals surface area contributed by atoms with Crippen LogP contribution in [0.25, 0.3) is 0 Å². The Bertz CT molecular complexity index is 655. The molecular formula is C9H14N6O5S. The first-order valence-electron chi connectivity index (χ1n) is 6.01. The summed E-state index contributed by atoms with van der Waals surface area (Å²) in [5.41, 5.74) is 0. The molecule has 1 unspecified atom stereocenters. The van der Waals surface area contributed by atoms with E-state index in [1.807, 2.05) is 0 Å². The van der Waals surface area contributed by atoms with Crippen molar-refractivity contribution < 1.29 is 23.1 Å². The summed E-state index contributed by atoms with van der Waals surface area (Å²) in [5.74, 6) is -1.79. The van der Waals surface area contributed by atoms with Crippen molar-refractivity contribution in [2.45, 2.75) is 12.5 Å². The van der Waals surface area contributed by atoms with E-state index in [0.717, 1.165) is 4.80 Å². The van der Waals surface area contributed by atoms with Crippen LogP contribution in [0.4, 0.5) is 10.7 Å². The van der Waals surface area contributed by atoms with Gasteiger partial charge < -0.3 is 10.0 Å². The fraction of sp³-hybridized carbons (Fsp3) is 0.667. The molecule has 1 aliphatic rings. The maximum Gasteiger partial charge on any atom is 0.324 e. The molecule has 2 rings (SSSR count). The minimum atomic E-state index is -3.35. The predicted molar refractivity (Wildman–Crippen MR) is 69.2 cm³/mol. The first-order chi connectivity index (χ1) is 9.77. The first kappa shape index (κ1) is 15.2. The van der Waals surface area contributed by atoms with Crippen molar-refractivity contribution in [1.29, 1.82) is 0 Å². The lowest BCUT2D eigenvalue weighted by atomic mass is 10.2. The molecule has 1 saturated heterocycles. The van der Waals surface area contributed by atoms with Crippen LogP contribution in [0.5, 0.6) is 0 Å². The van der Waals surface area contributed by atoms with E-state index in [9.17, 15) is 18.0 Å². The Hall–Kier alpha value is -2.24. The summed E-state index contributed by atoms with van der Waals surface area (Å²) in [6.07, 6.45) is -0.444. The van der Waals surface area contributed by atoms with Gasteiger partial charge in [-0.15, -0.1) is 5.10 Å². The normalized spacial score (nSPS) is 21.0. The number of hydrogen-bond acceptors (Lipinski definition) is 7. The van der Waals surface area contributed by atoms with Crippen LogP contribution in [0.1, 0.15) is 6.42 Å². The van der Waals surface area contributed by atoms with Crippen molar-refractivity contribution in [3.05, 3.63) is 0 Å². The number of nitrogens with zero attached hydrogens (tertiary/aromatic N) is 5. The molecule has 0 saturated carbocycles. The van der Waals surface area contributed by atoms with Crippen molar-refractivity contribution in [1.82, 2.24) is 25.1 Å². The van der Waals surface area contributed by atoms with Crippen LogP contribution in [-0.2, 0) is 21.7 Å². The highest BCUT2D eigenvalue weighted by Gasteiger charge is 2.35. The van der Waals surface area contributed by atoms with Gasteiger partial charge in [0.1, 0.15) is 0 Å². The number of aryl methyl sites for hydroxylation is 1. The molecule has 1 fully saturated rings. The molecular weight excluding hydrogens is 304 g/mol. The summed E-state index contributed by atoms with van der Waals surface area (Å²) >= 11 is 0. The van der Waals surface area contributed by atoms with E-state index < -0.39 is 34.3 Å². The highest BCUT2D eigenvalue weighted by molar-refractivity contribution is 7.91. The van der Waals surface area contributed by atoms with Gasteiger partial charge in [0.25, 0.3) is 5.95 Å². The van der Waals surface area contributed by atoms with Gasteiger partial charge in [0, 0.05) is 6.54 Å². The number of carboxylic acid groups (broad SMARTS) is 1. The standard InChI is InChI=1S/C9H14N6O5S/c1-14-12-8(11-13-14)10-9(18)15-2-3-21(19,20)5-6(15)4-7(16)17/h6H,2-5H2,1H3,(H,16,17)(H,10,12,18). The third-order valence-corrected chi connectivity index (χ3v) is 4.63. The summed E-state index contributed by atoms with van der Waals surface area (Å²) in [6, 6.07) is -1.57. The molecule has 0 spiro atoms. The van der Waals surface area contributed by atoms with E-state index in [-0.39, 0.29) is 24.0 Å². The van der Waals surface area contributed by atoms with Gasteiger partial charge in [-0.25, -0.2) is 13.2 Å². The molecule has 0 bridgehead atoms. The lowest BCUT2D eigenvalue weighted by molar-refractivity contribution is -0.137. The molecule has 1 aliphatic heterocycles. The Kier molecular flexibility index (Phi) is 4.06. The maximum absolute atomic E-state index is 12.1. The van der Waals surface area contributed by atoms with Gasteiger partial charge >= 0.3 is 12.0 Å². The number of carbonyl (C=O) groups excluding carboxylic acids is 1. The number of rotatable bonds is 3. The number of aromatic nitrogens is 4. The average Bonchev–Trinajstić information content (AvgIpc) is 2.72. The van der Waals surface area contributed by atoms with E-state index in [1.165, 1.54) is 11.9 Å². The van der Waals surface area contributed by atoms with Gasteiger partial charge in [0.2, 0.25) is 0 Å². The van der Waals surface area contributed by atoms with E-state index >= 15 is 0 Å². The molecule has 1 atom stereocenters. The monoisotopic (exact) mass is 318 g/mol. The Balaban J connectivity index is 2.11. The Labute approximate surface area is 119 Å². The van der Waals surface area contributed by atoms with Crippen molar-refractivity contribution in [2.75, 3.05) is 23.4 Å². The van der Waals surface area contributed by atoms with Gasteiger partial charge in [-0.1, -0.05) is 5.10 Å². The first-order valence-corrected chi connectivity index (χ1v) is 7.83. The van der Waals surface area contributed by atoms with Crippen LogP contribution < -0.4 is 5.32 Å². The zero-order valence-electron chi connectivity index (χ0n) is 11.1. The molecule has 1 aromatic heterocycles. The fourth-order valence-electron chi connectivity index (χ4n) is 2.03. The Morgan fingerprint density at radius 3 is 2.76 bits per heavy atom. The van der Waals surface area contributed by atoms with Crippen LogP contribution in [0.2, 0.25) is 0 Å². The summed E-state index contributed by atoms with van der Waals surface area (Å²) in [5, 5.41) is 22.1. The number of tetrazole rings is 1. The molecule has 2 N–H and O–H groups in total. The molecule has 2 heterocycles. The van der Waals surface area contributed by atoms with Crippen LogP contribution >= 0.6 is 0 Å². The molecule has 1 aromatic rings. The van der Waals surface area contributed by atoms with E-state index in [1.54, 1.807) is 0 Å². The molecule has 116 valence electrons. The number of hydrogen-bond donors (Lipinski definition) is 2. The third kappa shape index (κ3) is 3.87. The lowest BCUT2D eigenvalue weighted by Crippen LogP contribution is -2.53. The van der Waals surface area contributed by atoms with Crippen molar-refractivity contribution in [3.63, 3.8) is 0 Å². The molecule has 11 nitrogen and oxygen atoms in total. The molecule has 0 radical (unpaired) electrons. The largest absolute Gasteiger partial charge is 0.481 e. The number of nitrogens with one attached hydrogen (secondary N) is 1. The number of sulfone groups is 1. The predicted octanol–water partition coefficient (Wildman–Crippen LogP) is -1.68. The van der Waals surface area contributed by atoms with Gasteiger partial charge in [-0.3, -0.25) is 10.1 Å².